The SMILES string of the molecule is F[B-](F)(F)F.[C+]#CC[C@@H](C)[C@H]1CC[C@H]2[C@@H]3CCC4CCCC[C@]4(C)[C@H]3CC[C@]12C. The van der Waals surface area contributed by atoms with Crippen molar-refractivity contribution in [3.8, 4) is 5.92 Å². The van der Waals surface area contributed by atoms with E-state index in [1.807, 2.05) is 0 Å². The molecule has 4 fully saturated rings. The molecule has 0 aromatic rings. The predicted molar refractivity (Wildman–Crippen MR) is 111 cm³/mol. The Labute approximate surface area is 175 Å². The molecule has 4 saturated carbocycles. The van der Waals surface area contributed by atoms with Gasteiger partial charge in [-0.1, -0.05) is 0 Å². The number of rotatable bonds is 2. The van der Waals surface area contributed by atoms with E-state index in [9.17, 15) is 17.3 Å². The molecule has 5 heteroatoms. The van der Waals surface area contributed by atoms with Crippen LogP contribution in [0.25, 0.3) is 0 Å². The molecule has 0 amide bonds. The Morgan fingerprint density at radius 3 is 2.21 bits per heavy atom. The first-order chi connectivity index (χ1) is 13.5. The molecule has 0 aromatic heterocycles. The second-order valence-electron chi connectivity index (χ2n) is 11.0. The van der Waals surface area contributed by atoms with Crippen molar-refractivity contribution in [1.29, 1.82) is 0 Å². The van der Waals surface area contributed by atoms with Crippen LogP contribution in [-0.2, 0) is 0 Å². The monoisotopic (exact) mass is 412 g/mol. The molecule has 0 aromatic carbocycles. The second-order valence-corrected chi connectivity index (χ2v) is 11.0. The van der Waals surface area contributed by atoms with E-state index in [0.29, 0.717) is 16.7 Å². The van der Waals surface area contributed by atoms with E-state index in [1.54, 1.807) is 0 Å². The first kappa shape index (κ1) is 23.2. The summed E-state index contributed by atoms with van der Waals surface area (Å²) in [6, 6.07) is 0. The van der Waals surface area contributed by atoms with Crippen LogP contribution in [0.4, 0.5) is 17.3 Å². The van der Waals surface area contributed by atoms with Gasteiger partial charge >= 0.3 is 157 Å². The van der Waals surface area contributed by atoms with Gasteiger partial charge < -0.3 is 17.3 Å². The summed E-state index contributed by atoms with van der Waals surface area (Å²) in [7, 11) is -6.00. The van der Waals surface area contributed by atoms with Crippen LogP contribution in [-0.4, -0.2) is 7.25 Å². The summed E-state index contributed by atoms with van der Waals surface area (Å²) in [6.45, 7) is 7.72. The number of halogens is 4. The molecule has 1 unspecified atom stereocenters. The van der Waals surface area contributed by atoms with Gasteiger partial charge in [0, 0.05) is 0 Å². The molecular weight excluding hydrogens is 375 g/mol. The third-order valence-electron chi connectivity index (χ3n) is 9.77. The average molecular weight is 412 g/mol. The molecule has 8 atom stereocenters. The van der Waals surface area contributed by atoms with Crippen LogP contribution >= 0.6 is 0 Å². The normalized spacial score (nSPS) is 45.1. The van der Waals surface area contributed by atoms with Gasteiger partial charge in [-0.05, 0) is 0 Å². The van der Waals surface area contributed by atoms with Crippen molar-refractivity contribution in [2.75, 3.05) is 0 Å². The van der Waals surface area contributed by atoms with Crippen molar-refractivity contribution < 1.29 is 17.3 Å². The van der Waals surface area contributed by atoms with Crippen molar-refractivity contribution in [3.05, 3.63) is 6.42 Å². The molecule has 4 rings (SSSR count). The quantitative estimate of drug-likeness (QED) is 0.187. The van der Waals surface area contributed by atoms with Crippen molar-refractivity contribution in [1.82, 2.24) is 0 Å². The van der Waals surface area contributed by atoms with E-state index in [0.717, 1.165) is 36.0 Å². The summed E-state index contributed by atoms with van der Waals surface area (Å²) in [5.74, 6) is 8.28. The number of fused-ring (bicyclic) bond motifs is 5. The molecule has 29 heavy (non-hydrogen) atoms. The summed E-state index contributed by atoms with van der Waals surface area (Å²) >= 11 is 0. The first-order valence-corrected chi connectivity index (χ1v) is 11.8. The molecule has 0 saturated heterocycles. The second kappa shape index (κ2) is 8.60. The van der Waals surface area contributed by atoms with E-state index >= 15 is 0 Å². The van der Waals surface area contributed by atoms with Gasteiger partial charge in [-0.3, -0.25) is 0 Å². The summed E-state index contributed by atoms with van der Waals surface area (Å²) in [5, 5.41) is 0. The molecule has 0 nitrogen and oxygen atoms in total. The Balaban J connectivity index is 0.000000431. The predicted octanol–water partition coefficient (Wildman–Crippen LogP) is 7.95. The van der Waals surface area contributed by atoms with Crippen molar-refractivity contribution in [2.45, 2.75) is 91.4 Å². The van der Waals surface area contributed by atoms with Gasteiger partial charge in [-0.2, -0.15) is 0 Å². The standard InChI is InChI=1S/C24H37.BF4/c1-5-8-17(2)20-12-13-21-19-11-10-18-9-6-7-15-23(18,3)22(19)14-16-24(20,21)4;2-1(3,4)5/h17-22H,6-16H2,2-4H3;/q+1;-1/t17-,18?,19+,20-,21+,22+,23+,24-;/m1./s1. The molecule has 4 aliphatic carbocycles. The zero-order chi connectivity index (χ0) is 21.4. The minimum absolute atomic E-state index is 0.565. The van der Waals surface area contributed by atoms with Crippen LogP contribution in [0, 0.1) is 58.7 Å². The van der Waals surface area contributed by atoms with E-state index in [1.165, 1.54) is 64.2 Å². The van der Waals surface area contributed by atoms with Gasteiger partial charge in [0.15, 0.2) is 0 Å². The van der Waals surface area contributed by atoms with Crippen molar-refractivity contribution >= 4 is 7.25 Å². The topological polar surface area (TPSA) is 0 Å². The fraction of sp³-hybridized carbons (Fsp3) is 0.917. The van der Waals surface area contributed by atoms with Gasteiger partial charge in [-0.25, -0.2) is 0 Å². The molecule has 0 bridgehead atoms. The average Bonchev–Trinajstić information content (AvgIpc) is 2.97. The van der Waals surface area contributed by atoms with Gasteiger partial charge in [-0.15, -0.1) is 0 Å². The summed E-state index contributed by atoms with van der Waals surface area (Å²) in [5.41, 5.74) is 1.24. The Kier molecular flexibility index (Phi) is 6.89. The molecule has 0 N–H and O–H groups in total. The zero-order valence-electron chi connectivity index (χ0n) is 18.3. The third kappa shape index (κ3) is 4.60. The minimum atomic E-state index is -6.00. The molecule has 164 valence electrons. The van der Waals surface area contributed by atoms with Crippen molar-refractivity contribution in [2.24, 2.45) is 46.3 Å². The van der Waals surface area contributed by atoms with E-state index in [2.05, 4.69) is 26.7 Å². The molecule has 4 aliphatic rings. The maximum absolute atomic E-state index is 9.75. The van der Waals surface area contributed by atoms with E-state index < -0.39 is 7.25 Å². The molecule has 0 spiro atoms. The molecule has 0 aliphatic heterocycles. The summed E-state index contributed by atoms with van der Waals surface area (Å²) in [4.78, 5) is 0. The molecule has 0 radical (unpaired) electrons. The summed E-state index contributed by atoms with van der Waals surface area (Å²) in [6.07, 6.45) is 23.3. The maximum atomic E-state index is 9.75. The van der Waals surface area contributed by atoms with Crippen molar-refractivity contribution in [3.63, 3.8) is 0 Å². The Hall–Kier alpha value is -0.435. The number of hydrogen-bond acceptors (Lipinski definition) is 0. The fourth-order valence-electron chi connectivity index (χ4n) is 8.57. The van der Waals surface area contributed by atoms with Gasteiger partial charge in [0.25, 0.3) is 0 Å². The van der Waals surface area contributed by atoms with Crippen LogP contribution < -0.4 is 0 Å². The molecule has 0 heterocycles. The zero-order valence-corrected chi connectivity index (χ0v) is 18.3. The Morgan fingerprint density at radius 2 is 1.55 bits per heavy atom. The van der Waals surface area contributed by atoms with Gasteiger partial charge in [0.2, 0.25) is 0 Å². The van der Waals surface area contributed by atoms with Gasteiger partial charge in [0.05, 0.1) is 0 Å². The van der Waals surface area contributed by atoms with Crippen LogP contribution in [0.1, 0.15) is 91.4 Å². The number of hydrogen-bond donors (Lipinski definition) is 0. The third-order valence-corrected chi connectivity index (χ3v) is 9.77. The Bertz CT molecular complexity index is 605. The molecular formula is C24H37BF4. The van der Waals surface area contributed by atoms with Crippen LogP contribution in [0.3, 0.4) is 0 Å². The van der Waals surface area contributed by atoms with Crippen LogP contribution in [0.5, 0.6) is 0 Å². The summed E-state index contributed by atoms with van der Waals surface area (Å²) < 4.78 is 39.0. The van der Waals surface area contributed by atoms with E-state index in [-0.39, 0.29) is 0 Å². The first-order valence-electron chi connectivity index (χ1n) is 11.8. The van der Waals surface area contributed by atoms with Gasteiger partial charge in [0.1, 0.15) is 0 Å². The Morgan fingerprint density at radius 1 is 0.897 bits per heavy atom. The van der Waals surface area contributed by atoms with Crippen LogP contribution in [0.2, 0.25) is 0 Å². The van der Waals surface area contributed by atoms with Crippen LogP contribution in [0.15, 0.2) is 0 Å². The fourth-order valence-corrected chi connectivity index (χ4v) is 8.57. The van der Waals surface area contributed by atoms with E-state index in [4.69, 9.17) is 6.42 Å².